The molecule has 1 saturated carbocycles. The van der Waals surface area contributed by atoms with Crippen molar-refractivity contribution in [1.82, 2.24) is 4.98 Å². The van der Waals surface area contributed by atoms with Gasteiger partial charge in [0.05, 0.1) is 34.3 Å². The molecule has 42 heavy (non-hydrogen) atoms. The van der Waals surface area contributed by atoms with Crippen LogP contribution in [0.4, 0.5) is 30.4 Å². The first-order valence-electron chi connectivity index (χ1n) is 13.3. The highest BCUT2D eigenvalue weighted by Crippen LogP contribution is 2.53. The van der Waals surface area contributed by atoms with E-state index in [0.29, 0.717) is 24.1 Å². The Kier molecular flexibility index (Phi) is 6.61. The van der Waals surface area contributed by atoms with E-state index in [1.807, 2.05) is 30.3 Å². The highest BCUT2D eigenvalue weighted by Gasteiger charge is 2.45. The van der Waals surface area contributed by atoms with Crippen LogP contribution < -0.4 is 9.21 Å². The van der Waals surface area contributed by atoms with Crippen molar-refractivity contribution in [1.29, 1.82) is 5.26 Å². The van der Waals surface area contributed by atoms with E-state index in [2.05, 4.69) is 11.1 Å². The van der Waals surface area contributed by atoms with Crippen LogP contribution in [0.3, 0.4) is 0 Å². The molecule has 0 amide bonds. The standard InChI is InChI=1S/C31H25F3N4O3S/c32-31(33,34)27-15-10-22-19-38(42(40,41)24-13-11-23(39)12-14-24)28-25(30(20-35)16-5-17-30)8-4-9-26(28)37(29(22)36-27)18-21-6-2-1-3-7-21/h1-4,6-15,39H,5,16-19H2. The maximum absolute atomic E-state index is 14.3. The number of phenolic OH excluding ortho intramolecular Hbond substituents is 1. The number of pyridine rings is 1. The molecule has 2 heterocycles. The minimum absolute atomic E-state index is 0.0184. The Morgan fingerprint density at radius 2 is 1.67 bits per heavy atom. The van der Waals surface area contributed by atoms with Gasteiger partial charge >= 0.3 is 6.18 Å². The number of hydrogen-bond acceptors (Lipinski definition) is 6. The van der Waals surface area contributed by atoms with Crippen LogP contribution in [-0.2, 0) is 34.7 Å². The molecule has 6 rings (SSSR count). The number of aromatic nitrogens is 1. The molecule has 1 aliphatic carbocycles. The molecule has 1 aliphatic heterocycles. The molecular formula is C31H25F3N4O3S. The van der Waals surface area contributed by atoms with Gasteiger partial charge in [0.2, 0.25) is 0 Å². The monoisotopic (exact) mass is 590 g/mol. The van der Waals surface area contributed by atoms with Crippen molar-refractivity contribution in [3.05, 3.63) is 107 Å². The summed E-state index contributed by atoms with van der Waals surface area (Å²) >= 11 is 0. The zero-order valence-electron chi connectivity index (χ0n) is 22.2. The van der Waals surface area contributed by atoms with Crippen LogP contribution in [0.5, 0.6) is 5.75 Å². The van der Waals surface area contributed by atoms with Crippen molar-refractivity contribution in [3.8, 4) is 11.8 Å². The average Bonchev–Trinajstić information content (AvgIpc) is 3.08. The van der Waals surface area contributed by atoms with E-state index in [4.69, 9.17) is 0 Å². The number of anilines is 3. The highest BCUT2D eigenvalue weighted by atomic mass is 32.2. The van der Waals surface area contributed by atoms with Crippen LogP contribution in [0.25, 0.3) is 0 Å². The molecule has 7 nitrogen and oxygen atoms in total. The minimum Gasteiger partial charge on any atom is -0.508 e. The molecule has 0 radical (unpaired) electrons. The topological polar surface area (TPSA) is 97.5 Å². The van der Waals surface area contributed by atoms with Crippen molar-refractivity contribution in [2.75, 3.05) is 9.21 Å². The fourth-order valence-electron chi connectivity index (χ4n) is 5.59. The number of halogens is 3. The zero-order valence-corrected chi connectivity index (χ0v) is 23.0. The van der Waals surface area contributed by atoms with E-state index >= 15 is 0 Å². The quantitative estimate of drug-likeness (QED) is 0.275. The van der Waals surface area contributed by atoms with E-state index < -0.39 is 27.3 Å². The van der Waals surface area contributed by atoms with E-state index in [-0.39, 0.29) is 40.8 Å². The number of alkyl halides is 3. The van der Waals surface area contributed by atoms with Crippen LogP contribution in [0.15, 0.2) is 89.8 Å². The van der Waals surface area contributed by atoms with E-state index in [9.17, 15) is 32.0 Å². The number of nitrogens with zero attached hydrogens (tertiary/aromatic N) is 4. The molecule has 3 aromatic carbocycles. The second kappa shape index (κ2) is 10.1. The highest BCUT2D eigenvalue weighted by molar-refractivity contribution is 7.92. The number of hydrogen-bond donors (Lipinski definition) is 1. The Balaban J connectivity index is 1.66. The van der Waals surface area contributed by atoms with Crippen molar-refractivity contribution in [2.24, 2.45) is 0 Å². The molecule has 2 aliphatic rings. The molecule has 0 bridgehead atoms. The maximum atomic E-state index is 14.3. The third-order valence-electron chi connectivity index (χ3n) is 7.92. The Morgan fingerprint density at radius 3 is 2.29 bits per heavy atom. The van der Waals surface area contributed by atoms with Crippen LogP contribution in [0.1, 0.15) is 41.6 Å². The van der Waals surface area contributed by atoms with Crippen molar-refractivity contribution in [2.45, 2.75) is 48.8 Å². The van der Waals surface area contributed by atoms with Crippen LogP contribution in [0, 0.1) is 11.3 Å². The maximum Gasteiger partial charge on any atom is 0.433 e. The smallest absolute Gasteiger partial charge is 0.433 e. The molecule has 11 heteroatoms. The Labute approximate surface area is 241 Å². The van der Waals surface area contributed by atoms with Crippen molar-refractivity contribution >= 4 is 27.2 Å². The van der Waals surface area contributed by atoms with Gasteiger partial charge in [0.1, 0.15) is 17.3 Å². The molecule has 214 valence electrons. The van der Waals surface area contributed by atoms with Crippen molar-refractivity contribution in [3.63, 3.8) is 0 Å². The number of nitriles is 1. The average molecular weight is 591 g/mol. The second-order valence-electron chi connectivity index (χ2n) is 10.5. The summed E-state index contributed by atoms with van der Waals surface area (Å²) in [6.07, 6.45) is -2.89. The summed E-state index contributed by atoms with van der Waals surface area (Å²) in [5.74, 6) is -0.137. The van der Waals surface area contributed by atoms with Crippen LogP contribution in [0.2, 0.25) is 0 Å². The zero-order chi connectivity index (χ0) is 29.7. The molecule has 4 aromatic rings. The summed E-state index contributed by atoms with van der Waals surface area (Å²) < 4.78 is 71.5. The fraction of sp³-hybridized carbons (Fsp3) is 0.226. The summed E-state index contributed by atoms with van der Waals surface area (Å²) in [6, 6.07) is 23.8. The summed E-state index contributed by atoms with van der Waals surface area (Å²) in [7, 11) is -4.33. The number of para-hydroxylation sites is 1. The largest absolute Gasteiger partial charge is 0.508 e. The molecule has 0 saturated heterocycles. The molecule has 1 N–H and O–H groups in total. The van der Waals surface area contributed by atoms with Gasteiger partial charge in [0, 0.05) is 12.1 Å². The van der Waals surface area contributed by atoms with Gasteiger partial charge in [0.15, 0.2) is 0 Å². The third kappa shape index (κ3) is 4.61. The van der Waals surface area contributed by atoms with Crippen LogP contribution >= 0.6 is 0 Å². The van der Waals surface area contributed by atoms with Gasteiger partial charge < -0.3 is 10.0 Å². The number of benzene rings is 3. The molecule has 1 fully saturated rings. The lowest BCUT2D eigenvalue weighted by molar-refractivity contribution is -0.141. The molecule has 0 unspecified atom stereocenters. The van der Waals surface area contributed by atoms with E-state index in [1.165, 1.54) is 34.6 Å². The minimum atomic E-state index is -4.72. The number of aromatic hydroxyl groups is 1. The van der Waals surface area contributed by atoms with E-state index in [1.54, 1.807) is 23.1 Å². The Morgan fingerprint density at radius 1 is 0.952 bits per heavy atom. The van der Waals surface area contributed by atoms with Gasteiger partial charge in [0.25, 0.3) is 10.0 Å². The Bertz CT molecular complexity index is 1800. The predicted octanol–water partition coefficient (Wildman–Crippen LogP) is 6.80. The lowest BCUT2D eigenvalue weighted by Gasteiger charge is -2.40. The lowest BCUT2D eigenvalue weighted by Crippen LogP contribution is -2.37. The lowest BCUT2D eigenvalue weighted by atomic mass is 9.65. The summed E-state index contributed by atoms with van der Waals surface area (Å²) in [5.41, 5.74) is 0.0427. The van der Waals surface area contributed by atoms with Gasteiger partial charge in [-0.2, -0.15) is 18.4 Å². The predicted molar refractivity (Wildman–Crippen MR) is 151 cm³/mol. The second-order valence-corrected chi connectivity index (χ2v) is 12.3. The number of phenols is 1. The van der Waals surface area contributed by atoms with Crippen molar-refractivity contribution < 1.29 is 26.7 Å². The first-order valence-corrected chi connectivity index (χ1v) is 14.7. The summed E-state index contributed by atoms with van der Waals surface area (Å²) in [5, 5.41) is 20.1. The Hall–Kier alpha value is -4.56. The molecular weight excluding hydrogens is 565 g/mol. The summed E-state index contributed by atoms with van der Waals surface area (Å²) in [4.78, 5) is 5.54. The van der Waals surface area contributed by atoms with Crippen LogP contribution in [-0.4, -0.2) is 18.5 Å². The van der Waals surface area contributed by atoms with Gasteiger partial charge in [-0.05, 0) is 66.8 Å². The molecule has 0 spiro atoms. The number of fused-ring (bicyclic) bond motifs is 2. The first-order chi connectivity index (χ1) is 20.0. The number of rotatable bonds is 5. The molecule has 0 atom stereocenters. The third-order valence-corrected chi connectivity index (χ3v) is 9.68. The van der Waals surface area contributed by atoms with Gasteiger partial charge in [-0.1, -0.05) is 48.5 Å². The fourth-order valence-corrected chi connectivity index (χ4v) is 7.06. The summed E-state index contributed by atoms with van der Waals surface area (Å²) in [6.45, 7) is -0.217. The SMILES string of the molecule is N#CC1(c2cccc3c2N(S(=O)(=O)c2ccc(O)cc2)Cc2ccc(C(F)(F)F)nc2N3Cc2ccccc2)CCC1. The van der Waals surface area contributed by atoms with Gasteiger partial charge in [-0.25, -0.2) is 13.4 Å². The molecule has 1 aromatic heterocycles. The first kappa shape index (κ1) is 27.6. The van der Waals surface area contributed by atoms with Gasteiger partial charge in [-0.3, -0.25) is 4.31 Å². The van der Waals surface area contributed by atoms with Gasteiger partial charge in [-0.15, -0.1) is 0 Å². The van der Waals surface area contributed by atoms with E-state index in [0.717, 1.165) is 18.1 Å². The number of sulfonamides is 1. The normalized spacial score (nSPS) is 16.0.